The largest absolute Gasteiger partial charge is 0.495 e. The van der Waals surface area contributed by atoms with Gasteiger partial charge >= 0.3 is 5.97 Å². The van der Waals surface area contributed by atoms with Crippen molar-refractivity contribution in [3.63, 3.8) is 0 Å². The molecule has 2 rings (SSSR count). The van der Waals surface area contributed by atoms with Crippen LogP contribution in [0.3, 0.4) is 0 Å². The lowest BCUT2D eigenvalue weighted by Gasteiger charge is -2.35. The molecule has 1 fully saturated rings. The Morgan fingerprint density at radius 2 is 2.29 bits per heavy atom. The number of carboxylic acids is 1. The number of anilines is 1. The third-order valence-electron chi connectivity index (χ3n) is 3.09. The standard InChI is InChI=1S/C12H14ClNO3/c1-17-11-5-2-7(13)6-10(11)14-9-4-3-8(9)12(15)16/h2,5-6,8-9,14H,3-4H2,1H3,(H,15,16). The average molecular weight is 256 g/mol. The van der Waals surface area contributed by atoms with Crippen molar-refractivity contribution >= 4 is 23.3 Å². The quantitative estimate of drug-likeness (QED) is 0.868. The number of methoxy groups -OCH3 is 1. The zero-order chi connectivity index (χ0) is 12.4. The van der Waals surface area contributed by atoms with Crippen LogP contribution in [0.25, 0.3) is 0 Å². The second-order valence-corrected chi connectivity index (χ2v) is 4.55. The Kier molecular flexibility index (Phi) is 3.43. The normalized spacial score (nSPS) is 22.7. The molecule has 0 heterocycles. The van der Waals surface area contributed by atoms with Gasteiger partial charge in [-0.3, -0.25) is 4.79 Å². The molecular weight excluding hydrogens is 242 g/mol. The summed E-state index contributed by atoms with van der Waals surface area (Å²) in [6, 6.07) is 5.21. The fourth-order valence-electron chi connectivity index (χ4n) is 1.96. The molecule has 2 N–H and O–H groups in total. The molecule has 0 radical (unpaired) electrons. The number of carbonyl (C=O) groups is 1. The molecule has 0 aromatic heterocycles. The Bertz CT molecular complexity index is 436. The molecule has 0 saturated heterocycles. The first-order valence-corrected chi connectivity index (χ1v) is 5.82. The molecule has 2 unspecified atom stereocenters. The van der Waals surface area contributed by atoms with Gasteiger partial charge in [-0.1, -0.05) is 11.6 Å². The van der Waals surface area contributed by atoms with Crippen molar-refractivity contribution in [2.75, 3.05) is 12.4 Å². The van der Waals surface area contributed by atoms with Gasteiger partial charge in [-0.05, 0) is 31.0 Å². The van der Waals surface area contributed by atoms with Crippen LogP contribution in [0.5, 0.6) is 5.75 Å². The van der Waals surface area contributed by atoms with Gasteiger partial charge in [0.15, 0.2) is 0 Å². The molecule has 5 heteroatoms. The van der Waals surface area contributed by atoms with Gasteiger partial charge in [0.1, 0.15) is 5.75 Å². The van der Waals surface area contributed by atoms with Gasteiger partial charge in [-0.25, -0.2) is 0 Å². The van der Waals surface area contributed by atoms with Crippen molar-refractivity contribution in [2.24, 2.45) is 5.92 Å². The maximum absolute atomic E-state index is 10.9. The van der Waals surface area contributed by atoms with Crippen molar-refractivity contribution in [1.82, 2.24) is 0 Å². The van der Waals surface area contributed by atoms with Crippen LogP contribution < -0.4 is 10.1 Å². The minimum Gasteiger partial charge on any atom is -0.495 e. The van der Waals surface area contributed by atoms with Gasteiger partial charge in [-0.2, -0.15) is 0 Å². The van der Waals surface area contributed by atoms with E-state index in [-0.39, 0.29) is 12.0 Å². The molecule has 4 nitrogen and oxygen atoms in total. The van der Waals surface area contributed by atoms with Gasteiger partial charge in [0.2, 0.25) is 0 Å². The number of rotatable bonds is 4. The number of carboxylic acid groups (broad SMARTS) is 1. The van der Waals surface area contributed by atoms with Gasteiger partial charge in [0.25, 0.3) is 0 Å². The molecule has 2 atom stereocenters. The van der Waals surface area contributed by atoms with Crippen LogP contribution in [0.15, 0.2) is 18.2 Å². The molecule has 92 valence electrons. The lowest BCUT2D eigenvalue weighted by molar-refractivity contribution is -0.144. The molecule has 0 amide bonds. The SMILES string of the molecule is COc1ccc(Cl)cc1NC1CCC1C(=O)O. The van der Waals surface area contributed by atoms with Crippen LogP contribution in [0, 0.1) is 5.92 Å². The van der Waals surface area contributed by atoms with E-state index in [1.807, 2.05) is 0 Å². The fourth-order valence-corrected chi connectivity index (χ4v) is 2.13. The second-order valence-electron chi connectivity index (χ2n) is 4.12. The highest BCUT2D eigenvalue weighted by Gasteiger charge is 2.36. The Labute approximate surface area is 105 Å². The first kappa shape index (κ1) is 12.0. The minimum absolute atomic E-state index is 0.0418. The number of aliphatic carboxylic acids is 1. The Hall–Kier alpha value is -1.42. The van der Waals surface area contributed by atoms with Crippen LogP contribution in [0.4, 0.5) is 5.69 Å². The van der Waals surface area contributed by atoms with E-state index in [1.165, 1.54) is 0 Å². The summed E-state index contributed by atoms with van der Waals surface area (Å²) in [5.74, 6) is -0.404. The van der Waals surface area contributed by atoms with Gasteiger partial charge < -0.3 is 15.2 Å². The molecule has 1 aromatic carbocycles. The number of benzene rings is 1. The average Bonchev–Trinajstić information content (AvgIpc) is 2.23. The van der Waals surface area contributed by atoms with Crippen molar-refractivity contribution in [3.8, 4) is 5.75 Å². The van der Waals surface area contributed by atoms with Crippen molar-refractivity contribution < 1.29 is 14.6 Å². The molecule has 1 aromatic rings. The lowest BCUT2D eigenvalue weighted by atomic mass is 9.79. The summed E-state index contributed by atoms with van der Waals surface area (Å²) in [4.78, 5) is 10.9. The predicted octanol–water partition coefficient (Wildman–Crippen LogP) is 2.62. The monoisotopic (exact) mass is 255 g/mol. The highest BCUT2D eigenvalue weighted by atomic mass is 35.5. The summed E-state index contributed by atoms with van der Waals surface area (Å²) >= 11 is 5.91. The first-order valence-electron chi connectivity index (χ1n) is 5.44. The van der Waals surface area contributed by atoms with E-state index in [1.54, 1.807) is 25.3 Å². The lowest BCUT2D eigenvalue weighted by Crippen LogP contribution is -2.43. The summed E-state index contributed by atoms with van der Waals surface area (Å²) in [6.07, 6.45) is 1.57. The van der Waals surface area contributed by atoms with Crippen LogP contribution in [0.1, 0.15) is 12.8 Å². The summed E-state index contributed by atoms with van der Waals surface area (Å²) in [5, 5.41) is 12.7. The van der Waals surface area contributed by atoms with Crippen molar-refractivity contribution in [2.45, 2.75) is 18.9 Å². The Balaban J connectivity index is 2.13. The topological polar surface area (TPSA) is 58.6 Å². The molecule has 0 spiro atoms. The van der Waals surface area contributed by atoms with E-state index >= 15 is 0 Å². The fraction of sp³-hybridized carbons (Fsp3) is 0.417. The Morgan fingerprint density at radius 1 is 1.53 bits per heavy atom. The summed E-state index contributed by atoms with van der Waals surface area (Å²) in [7, 11) is 1.57. The zero-order valence-corrected chi connectivity index (χ0v) is 10.2. The van der Waals surface area contributed by atoms with Crippen molar-refractivity contribution in [3.05, 3.63) is 23.2 Å². The van der Waals surface area contributed by atoms with Crippen molar-refractivity contribution in [1.29, 1.82) is 0 Å². The first-order chi connectivity index (χ1) is 8.11. The maximum atomic E-state index is 10.9. The molecule has 1 saturated carbocycles. The van der Waals surface area contributed by atoms with Crippen LogP contribution in [-0.2, 0) is 4.79 Å². The molecule has 0 bridgehead atoms. The molecule has 1 aliphatic carbocycles. The maximum Gasteiger partial charge on any atom is 0.308 e. The number of halogens is 1. The predicted molar refractivity (Wildman–Crippen MR) is 65.8 cm³/mol. The van der Waals surface area contributed by atoms with Gasteiger partial charge in [-0.15, -0.1) is 0 Å². The highest BCUT2D eigenvalue weighted by Crippen LogP contribution is 2.35. The summed E-state index contributed by atoms with van der Waals surface area (Å²) in [5.41, 5.74) is 0.746. The summed E-state index contributed by atoms with van der Waals surface area (Å²) < 4.78 is 5.20. The van der Waals surface area contributed by atoms with Crippen LogP contribution in [0.2, 0.25) is 5.02 Å². The van der Waals surface area contributed by atoms with E-state index in [4.69, 9.17) is 21.4 Å². The third-order valence-corrected chi connectivity index (χ3v) is 3.33. The molecular formula is C12H14ClNO3. The smallest absolute Gasteiger partial charge is 0.308 e. The van der Waals surface area contributed by atoms with Gasteiger partial charge in [0.05, 0.1) is 18.7 Å². The Morgan fingerprint density at radius 3 is 2.82 bits per heavy atom. The van der Waals surface area contributed by atoms with E-state index in [9.17, 15) is 4.79 Å². The molecule has 0 aliphatic heterocycles. The van der Waals surface area contributed by atoms with E-state index in [2.05, 4.69) is 5.32 Å². The number of ether oxygens (including phenoxy) is 1. The second kappa shape index (κ2) is 4.84. The number of nitrogens with one attached hydrogen (secondary N) is 1. The van der Waals surface area contributed by atoms with Crippen LogP contribution >= 0.6 is 11.6 Å². The summed E-state index contributed by atoms with van der Waals surface area (Å²) in [6.45, 7) is 0. The van der Waals surface area contributed by atoms with E-state index < -0.39 is 5.97 Å². The van der Waals surface area contributed by atoms with E-state index in [0.717, 1.165) is 18.5 Å². The van der Waals surface area contributed by atoms with Gasteiger partial charge in [0, 0.05) is 11.1 Å². The highest BCUT2D eigenvalue weighted by molar-refractivity contribution is 6.30. The molecule has 1 aliphatic rings. The minimum atomic E-state index is -0.755. The third kappa shape index (κ3) is 2.47. The molecule has 17 heavy (non-hydrogen) atoms. The van der Waals surface area contributed by atoms with E-state index in [0.29, 0.717) is 10.8 Å². The zero-order valence-electron chi connectivity index (χ0n) is 9.44. The number of hydrogen-bond acceptors (Lipinski definition) is 3. The number of hydrogen-bond donors (Lipinski definition) is 2. The van der Waals surface area contributed by atoms with Crippen LogP contribution in [-0.4, -0.2) is 24.2 Å².